The van der Waals surface area contributed by atoms with Crippen LogP contribution in [-0.2, 0) is 9.59 Å². The summed E-state index contributed by atoms with van der Waals surface area (Å²) in [5, 5.41) is 24.6. The van der Waals surface area contributed by atoms with E-state index in [1.54, 1.807) is 30.4 Å². The van der Waals surface area contributed by atoms with Gasteiger partial charge in [-0.15, -0.1) is 0 Å². The number of fused-ring (bicyclic) bond motifs is 6. The number of allylic oxidation sites excluding steroid dienone is 4. The van der Waals surface area contributed by atoms with E-state index in [2.05, 4.69) is 16.9 Å². The molecule has 2 aromatic rings. The van der Waals surface area contributed by atoms with Crippen LogP contribution < -0.4 is 4.74 Å². The Morgan fingerprint density at radius 2 is 2.05 bits per heavy atom. The number of aliphatic hydroxyl groups is 2. The minimum Gasteiger partial charge on any atom is -0.469 e. The average Bonchev–Trinajstić information content (AvgIpc) is 3.13. The molecule has 37 heavy (non-hydrogen) atoms. The van der Waals surface area contributed by atoms with Crippen LogP contribution in [0.1, 0.15) is 46.0 Å². The van der Waals surface area contributed by atoms with Crippen LogP contribution in [0.5, 0.6) is 5.88 Å². The first-order valence-electron chi connectivity index (χ1n) is 13.0. The minimum atomic E-state index is -1.61. The number of hydrogen-bond donors (Lipinski definition) is 2. The summed E-state index contributed by atoms with van der Waals surface area (Å²) in [5.41, 5.74) is -1.05. The number of halogens is 1. The fraction of sp³-hybridized carbons (Fsp3) is 0.517. The van der Waals surface area contributed by atoms with E-state index >= 15 is 0 Å². The van der Waals surface area contributed by atoms with Gasteiger partial charge in [0.1, 0.15) is 11.9 Å². The number of ether oxygens (including phenoxy) is 1. The SMILES string of the molecule is CC12C=CC(=O)C=C1CCC1C2[C@@H](O)CC2(C)C1CC[C@]2(O)C(=O)COc1ncnc2ccc(Cl)cc12. The molecule has 0 saturated heterocycles. The molecule has 7 atom stereocenters. The number of benzene rings is 1. The summed E-state index contributed by atoms with van der Waals surface area (Å²) in [6.07, 6.45) is 8.94. The minimum absolute atomic E-state index is 0.000591. The van der Waals surface area contributed by atoms with Crippen molar-refractivity contribution in [3.63, 3.8) is 0 Å². The first-order chi connectivity index (χ1) is 17.6. The van der Waals surface area contributed by atoms with Gasteiger partial charge in [-0.2, -0.15) is 0 Å². The maximum atomic E-state index is 13.6. The van der Waals surface area contributed by atoms with Gasteiger partial charge in [0.05, 0.1) is 17.0 Å². The molecule has 0 radical (unpaired) electrons. The van der Waals surface area contributed by atoms with Gasteiger partial charge in [0, 0.05) is 21.8 Å². The van der Waals surface area contributed by atoms with E-state index in [9.17, 15) is 19.8 Å². The lowest BCUT2D eigenvalue weighted by Gasteiger charge is -2.59. The molecule has 0 bridgehead atoms. The Labute approximate surface area is 220 Å². The van der Waals surface area contributed by atoms with Crippen LogP contribution in [0.3, 0.4) is 0 Å². The molecule has 8 heteroatoms. The van der Waals surface area contributed by atoms with Gasteiger partial charge < -0.3 is 14.9 Å². The van der Waals surface area contributed by atoms with Crippen molar-refractivity contribution in [1.29, 1.82) is 0 Å². The molecule has 1 aromatic carbocycles. The second-order valence-electron chi connectivity index (χ2n) is 11.7. The van der Waals surface area contributed by atoms with Crippen LogP contribution >= 0.6 is 11.6 Å². The van der Waals surface area contributed by atoms with Crippen molar-refractivity contribution in [1.82, 2.24) is 9.97 Å². The second kappa shape index (κ2) is 8.45. The quantitative estimate of drug-likeness (QED) is 0.618. The Bertz CT molecular complexity index is 1370. The molecule has 0 aliphatic heterocycles. The largest absolute Gasteiger partial charge is 0.469 e. The second-order valence-corrected chi connectivity index (χ2v) is 12.1. The molecule has 0 amide bonds. The van der Waals surface area contributed by atoms with Crippen molar-refractivity contribution >= 4 is 34.1 Å². The molecule has 7 nitrogen and oxygen atoms in total. The third kappa shape index (κ3) is 3.54. The summed E-state index contributed by atoms with van der Waals surface area (Å²) < 4.78 is 5.84. The van der Waals surface area contributed by atoms with Crippen molar-refractivity contribution in [3.8, 4) is 5.88 Å². The molecular formula is C29H31ClN2O5. The van der Waals surface area contributed by atoms with Crippen molar-refractivity contribution in [2.45, 2.75) is 57.7 Å². The summed E-state index contributed by atoms with van der Waals surface area (Å²) in [4.78, 5) is 34.0. The Hall–Kier alpha value is -2.61. The van der Waals surface area contributed by atoms with Crippen molar-refractivity contribution < 1.29 is 24.5 Å². The van der Waals surface area contributed by atoms with E-state index in [1.165, 1.54) is 6.33 Å². The first kappa shape index (κ1) is 24.7. The van der Waals surface area contributed by atoms with Crippen LogP contribution in [0.4, 0.5) is 0 Å². The van der Waals surface area contributed by atoms with Crippen LogP contribution in [-0.4, -0.2) is 50.1 Å². The van der Waals surface area contributed by atoms with Crippen LogP contribution in [0.2, 0.25) is 5.02 Å². The van der Waals surface area contributed by atoms with Crippen molar-refractivity contribution in [2.75, 3.05) is 6.61 Å². The molecule has 194 valence electrons. The smallest absolute Gasteiger partial charge is 0.224 e. The van der Waals surface area contributed by atoms with Crippen molar-refractivity contribution in [2.24, 2.45) is 28.6 Å². The van der Waals surface area contributed by atoms with Gasteiger partial charge >= 0.3 is 0 Å². The highest BCUT2D eigenvalue weighted by molar-refractivity contribution is 6.31. The highest BCUT2D eigenvalue weighted by Crippen LogP contribution is 2.67. The van der Waals surface area contributed by atoms with E-state index < -0.39 is 22.9 Å². The predicted octanol–water partition coefficient (Wildman–Crippen LogP) is 4.24. The van der Waals surface area contributed by atoms with Gasteiger partial charge in [-0.25, -0.2) is 9.97 Å². The van der Waals surface area contributed by atoms with Crippen LogP contribution in [0, 0.1) is 28.6 Å². The first-order valence-corrected chi connectivity index (χ1v) is 13.4. The summed E-state index contributed by atoms with van der Waals surface area (Å²) >= 11 is 6.14. The van der Waals surface area contributed by atoms with Crippen LogP contribution in [0.25, 0.3) is 10.9 Å². The highest BCUT2D eigenvalue weighted by Gasteiger charge is 2.68. The number of hydrogen-bond acceptors (Lipinski definition) is 7. The number of rotatable bonds is 4. The predicted molar refractivity (Wildman–Crippen MR) is 138 cm³/mol. The summed E-state index contributed by atoms with van der Waals surface area (Å²) in [7, 11) is 0. The highest BCUT2D eigenvalue weighted by atomic mass is 35.5. The van der Waals surface area contributed by atoms with Gasteiger partial charge in [-0.3, -0.25) is 9.59 Å². The number of aromatic nitrogens is 2. The lowest BCUT2D eigenvalue weighted by atomic mass is 9.46. The topological polar surface area (TPSA) is 110 Å². The van der Waals surface area contributed by atoms with Gasteiger partial charge in [-0.05, 0) is 74.3 Å². The molecule has 1 aromatic heterocycles. The lowest BCUT2D eigenvalue weighted by Crippen LogP contribution is -2.61. The van der Waals surface area contributed by atoms with Gasteiger partial charge in [-0.1, -0.05) is 37.1 Å². The molecule has 3 saturated carbocycles. The van der Waals surface area contributed by atoms with Crippen LogP contribution in [0.15, 0.2) is 48.3 Å². The van der Waals surface area contributed by atoms with Gasteiger partial charge in [0.25, 0.3) is 0 Å². The monoisotopic (exact) mass is 522 g/mol. The third-order valence-electron chi connectivity index (χ3n) is 10.0. The average molecular weight is 523 g/mol. The number of nitrogens with zero attached hydrogens (tertiary/aromatic N) is 2. The molecule has 0 spiro atoms. The normalized spacial score (nSPS) is 38.5. The Balaban J connectivity index is 1.26. The standard InChI is InChI=1S/C29H31ClN2O5/c1-27-9-7-18(33)11-16(27)3-5-19-21-8-10-29(36,28(21,2)13-23(34)25(19)27)24(35)14-37-26-20-12-17(30)4-6-22(20)31-15-32-26/h4,6-7,9,11-12,15,19,21,23,25,34,36H,3,5,8,10,13-14H2,1-2H3/t19?,21?,23-,25?,27?,28?,29-/m0/s1. The van der Waals surface area contributed by atoms with E-state index in [0.717, 1.165) is 18.4 Å². The van der Waals surface area contributed by atoms with Gasteiger partial charge in [0.2, 0.25) is 11.7 Å². The fourth-order valence-corrected chi connectivity index (χ4v) is 8.33. The summed E-state index contributed by atoms with van der Waals surface area (Å²) in [6, 6.07) is 5.17. The Kier molecular flexibility index (Phi) is 5.64. The Morgan fingerprint density at radius 1 is 1.24 bits per heavy atom. The molecule has 5 unspecified atom stereocenters. The summed E-state index contributed by atoms with van der Waals surface area (Å²) in [6.45, 7) is 3.73. The zero-order chi connectivity index (χ0) is 26.2. The fourth-order valence-electron chi connectivity index (χ4n) is 8.16. The number of carbonyl (C=O) groups excluding carboxylic acids is 2. The van der Waals surface area contributed by atoms with Gasteiger partial charge in [0.15, 0.2) is 12.4 Å². The lowest BCUT2D eigenvalue weighted by molar-refractivity contribution is -0.178. The summed E-state index contributed by atoms with van der Waals surface area (Å²) in [5.74, 6) is 0.0116. The zero-order valence-corrected chi connectivity index (χ0v) is 21.7. The van der Waals surface area contributed by atoms with E-state index in [-0.39, 0.29) is 41.4 Å². The van der Waals surface area contributed by atoms with E-state index in [1.807, 2.05) is 13.0 Å². The van der Waals surface area contributed by atoms with Crippen molar-refractivity contribution in [3.05, 3.63) is 53.4 Å². The van der Waals surface area contributed by atoms with E-state index in [4.69, 9.17) is 16.3 Å². The maximum absolute atomic E-state index is 13.6. The molecule has 1 heterocycles. The molecule has 2 N–H and O–H groups in total. The third-order valence-corrected chi connectivity index (χ3v) is 10.2. The molecular weight excluding hydrogens is 492 g/mol. The maximum Gasteiger partial charge on any atom is 0.224 e. The Morgan fingerprint density at radius 3 is 2.86 bits per heavy atom. The number of ketones is 2. The number of aliphatic hydroxyl groups excluding tert-OH is 1. The molecule has 4 aliphatic rings. The zero-order valence-electron chi connectivity index (χ0n) is 21.0. The molecule has 3 fully saturated rings. The molecule has 4 aliphatic carbocycles. The number of carbonyl (C=O) groups is 2. The van der Waals surface area contributed by atoms with E-state index in [0.29, 0.717) is 35.2 Å². The number of Topliss-reactive ketones (excluding diaryl/α,β-unsaturated/α-hetero) is 1. The molecule has 6 rings (SSSR count).